The Bertz CT molecular complexity index is 751. The third kappa shape index (κ3) is 3.80. The molecule has 1 N–H and O–H groups in total. The number of methoxy groups -OCH3 is 1. The predicted octanol–water partition coefficient (Wildman–Crippen LogP) is 0.514. The van der Waals surface area contributed by atoms with Gasteiger partial charge >= 0.3 is 5.97 Å². The number of ether oxygens (including phenoxy) is 1. The number of likely N-dealkylation sites (N-methyl/N-ethyl adjacent to an activating group) is 1. The number of hydrogen-bond donors (Lipinski definition) is 1. The predicted molar refractivity (Wildman–Crippen MR) is 89.6 cm³/mol. The van der Waals surface area contributed by atoms with Gasteiger partial charge in [0.15, 0.2) is 5.82 Å². The zero-order valence-corrected chi connectivity index (χ0v) is 14.0. The minimum atomic E-state index is -0.334. The second-order valence-corrected chi connectivity index (χ2v) is 5.92. The first kappa shape index (κ1) is 17.0. The Kier molecular flexibility index (Phi) is 4.99. The van der Waals surface area contributed by atoms with Gasteiger partial charge < -0.3 is 10.1 Å². The maximum Gasteiger partial charge on any atom is 0.323 e. The molecule has 0 aliphatic carbocycles. The molecule has 0 bridgehead atoms. The van der Waals surface area contributed by atoms with Crippen LogP contribution in [0.15, 0.2) is 36.9 Å². The molecule has 0 radical (unpaired) electrons. The topological polar surface area (TPSA) is 97.3 Å². The van der Waals surface area contributed by atoms with Crippen molar-refractivity contribution in [3.63, 3.8) is 0 Å². The highest BCUT2D eigenvalue weighted by Crippen LogP contribution is 2.18. The van der Waals surface area contributed by atoms with Gasteiger partial charge in [-0.2, -0.15) is 0 Å². The molecule has 1 aliphatic heterocycles. The SMILES string of the molecule is COC(=O)[C@@H]1C[C@@H](NC(=O)c2cnc(-c3cccnc3)nc2)CN1C. The molecule has 2 aromatic rings. The summed E-state index contributed by atoms with van der Waals surface area (Å²) in [6, 6.07) is 3.19. The smallest absolute Gasteiger partial charge is 0.323 e. The lowest BCUT2D eigenvalue weighted by molar-refractivity contribution is -0.145. The van der Waals surface area contributed by atoms with Gasteiger partial charge in [0, 0.05) is 42.9 Å². The summed E-state index contributed by atoms with van der Waals surface area (Å²) in [7, 11) is 3.20. The van der Waals surface area contributed by atoms with Crippen LogP contribution in [0, 0.1) is 0 Å². The largest absolute Gasteiger partial charge is 0.468 e. The van der Waals surface area contributed by atoms with E-state index in [-0.39, 0.29) is 24.0 Å². The monoisotopic (exact) mass is 341 g/mol. The molecule has 3 heterocycles. The third-order valence-electron chi connectivity index (χ3n) is 4.19. The molecular weight excluding hydrogens is 322 g/mol. The van der Waals surface area contributed by atoms with Crippen LogP contribution in [0.4, 0.5) is 0 Å². The van der Waals surface area contributed by atoms with Gasteiger partial charge in [-0.05, 0) is 25.6 Å². The molecule has 130 valence electrons. The van der Waals surface area contributed by atoms with Crippen molar-refractivity contribution in [1.82, 2.24) is 25.2 Å². The second kappa shape index (κ2) is 7.35. The Morgan fingerprint density at radius 3 is 2.68 bits per heavy atom. The summed E-state index contributed by atoms with van der Waals surface area (Å²) < 4.78 is 4.78. The van der Waals surface area contributed by atoms with Crippen molar-refractivity contribution in [2.75, 3.05) is 20.7 Å². The molecule has 0 saturated carbocycles. The number of amides is 1. The summed E-state index contributed by atoms with van der Waals surface area (Å²) in [6.45, 7) is 0.583. The first-order chi connectivity index (χ1) is 12.1. The van der Waals surface area contributed by atoms with E-state index >= 15 is 0 Å². The highest BCUT2D eigenvalue weighted by atomic mass is 16.5. The van der Waals surface area contributed by atoms with E-state index in [4.69, 9.17) is 4.74 Å². The van der Waals surface area contributed by atoms with E-state index in [0.717, 1.165) is 5.56 Å². The van der Waals surface area contributed by atoms with Crippen LogP contribution in [0.2, 0.25) is 0 Å². The van der Waals surface area contributed by atoms with Crippen LogP contribution in [-0.2, 0) is 9.53 Å². The lowest BCUT2D eigenvalue weighted by Gasteiger charge is -2.15. The molecule has 2 atom stereocenters. The fourth-order valence-electron chi connectivity index (χ4n) is 2.87. The average molecular weight is 341 g/mol. The Morgan fingerprint density at radius 1 is 1.28 bits per heavy atom. The van der Waals surface area contributed by atoms with Gasteiger partial charge in [0.1, 0.15) is 6.04 Å². The van der Waals surface area contributed by atoms with Crippen LogP contribution in [0.25, 0.3) is 11.4 Å². The van der Waals surface area contributed by atoms with E-state index in [2.05, 4.69) is 20.3 Å². The van der Waals surface area contributed by atoms with Gasteiger partial charge in [-0.25, -0.2) is 9.97 Å². The molecule has 0 spiro atoms. The van der Waals surface area contributed by atoms with E-state index < -0.39 is 0 Å². The normalized spacial score (nSPS) is 20.2. The van der Waals surface area contributed by atoms with E-state index in [0.29, 0.717) is 24.4 Å². The average Bonchev–Trinajstić information content (AvgIpc) is 3.02. The summed E-state index contributed by atoms with van der Waals surface area (Å²) in [5.41, 5.74) is 1.16. The number of rotatable bonds is 4. The summed E-state index contributed by atoms with van der Waals surface area (Å²) >= 11 is 0. The van der Waals surface area contributed by atoms with Crippen molar-refractivity contribution in [3.8, 4) is 11.4 Å². The number of likely N-dealkylation sites (tertiary alicyclic amines) is 1. The van der Waals surface area contributed by atoms with Crippen LogP contribution in [0.1, 0.15) is 16.8 Å². The number of pyridine rings is 1. The van der Waals surface area contributed by atoms with Gasteiger partial charge in [0.25, 0.3) is 5.91 Å². The van der Waals surface area contributed by atoms with Gasteiger partial charge in [0.2, 0.25) is 0 Å². The Morgan fingerprint density at radius 2 is 2.04 bits per heavy atom. The van der Waals surface area contributed by atoms with Gasteiger partial charge in [-0.1, -0.05) is 0 Å². The quantitative estimate of drug-likeness (QED) is 0.809. The molecule has 3 rings (SSSR count). The lowest BCUT2D eigenvalue weighted by atomic mass is 10.1. The maximum absolute atomic E-state index is 12.4. The van der Waals surface area contributed by atoms with E-state index in [1.165, 1.54) is 19.5 Å². The first-order valence-electron chi connectivity index (χ1n) is 7.90. The van der Waals surface area contributed by atoms with E-state index in [1.54, 1.807) is 18.5 Å². The first-order valence-corrected chi connectivity index (χ1v) is 7.90. The molecule has 2 aromatic heterocycles. The minimum absolute atomic E-state index is 0.125. The number of hydrogen-bond acceptors (Lipinski definition) is 7. The van der Waals surface area contributed by atoms with E-state index in [9.17, 15) is 9.59 Å². The van der Waals surface area contributed by atoms with Gasteiger partial charge in [-0.3, -0.25) is 19.5 Å². The number of aromatic nitrogens is 3. The van der Waals surface area contributed by atoms with E-state index in [1.807, 2.05) is 18.0 Å². The highest BCUT2D eigenvalue weighted by molar-refractivity contribution is 5.94. The lowest BCUT2D eigenvalue weighted by Crippen LogP contribution is -2.36. The summed E-state index contributed by atoms with van der Waals surface area (Å²) in [5, 5.41) is 2.91. The standard InChI is InChI=1S/C17H19N5O3/c1-22-10-13(6-14(22)17(24)25-2)21-16(23)12-8-19-15(20-9-12)11-4-3-5-18-7-11/h3-5,7-9,13-14H,6,10H2,1-2H3,(H,21,23)/t13-,14+/m1/s1. The molecule has 8 heteroatoms. The molecule has 0 unspecified atom stereocenters. The highest BCUT2D eigenvalue weighted by Gasteiger charge is 2.35. The Hall–Kier alpha value is -2.87. The fourth-order valence-corrected chi connectivity index (χ4v) is 2.87. The zero-order chi connectivity index (χ0) is 17.8. The summed E-state index contributed by atoms with van der Waals surface area (Å²) in [5.74, 6) is -0.0407. The number of esters is 1. The van der Waals surface area contributed by atoms with Crippen molar-refractivity contribution in [2.24, 2.45) is 0 Å². The zero-order valence-electron chi connectivity index (χ0n) is 14.0. The van der Waals surface area contributed by atoms with Crippen LogP contribution >= 0.6 is 0 Å². The molecule has 25 heavy (non-hydrogen) atoms. The van der Waals surface area contributed by atoms with Crippen molar-refractivity contribution in [2.45, 2.75) is 18.5 Å². The number of carbonyl (C=O) groups is 2. The summed E-state index contributed by atoms with van der Waals surface area (Å²) in [4.78, 5) is 38.4. The number of nitrogens with one attached hydrogen (secondary N) is 1. The molecule has 1 fully saturated rings. The fraction of sp³-hybridized carbons (Fsp3) is 0.353. The van der Waals surface area contributed by atoms with Crippen molar-refractivity contribution in [1.29, 1.82) is 0 Å². The molecule has 1 amide bonds. The van der Waals surface area contributed by atoms with Crippen LogP contribution in [0.3, 0.4) is 0 Å². The summed E-state index contributed by atoms with van der Waals surface area (Å²) in [6.07, 6.45) is 6.83. The van der Waals surface area contributed by atoms with Gasteiger partial charge in [-0.15, -0.1) is 0 Å². The second-order valence-electron chi connectivity index (χ2n) is 5.92. The molecule has 8 nitrogen and oxygen atoms in total. The van der Waals surface area contributed by atoms with Crippen molar-refractivity contribution in [3.05, 3.63) is 42.5 Å². The number of nitrogens with zero attached hydrogens (tertiary/aromatic N) is 4. The molecule has 1 aliphatic rings. The van der Waals surface area contributed by atoms with Crippen LogP contribution in [-0.4, -0.2) is 64.5 Å². The Balaban J connectivity index is 1.63. The van der Waals surface area contributed by atoms with Crippen LogP contribution < -0.4 is 5.32 Å². The minimum Gasteiger partial charge on any atom is -0.468 e. The van der Waals surface area contributed by atoms with Gasteiger partial charge in [0.05, 0.1) is 12.7 Å². The van der Waals surface area contributed by atoms with Crippen molar-refractivity contribution >= 4 is 11.9 Å². The third-order valence-corrected chi connectivity index (χ3v) is 4.19. The molecule has 1 saturated heterocycles. The number of carbonyl (C=O) groups excluding carboxylic acids is 2. The Labute approximate surface area is 145 Å². The molecular formula is C17H19N5O3. The maximum atomic E-state index is 12.4. The van der Waals surface area contributed by atoms with Crippen LogP contribution in [0.5, 0.6) is 0 Å². The molecule has 0 aromatic carbocycles. The van der Waals surface area contributed by atoms with Crippen molar-refractivity contribution < 1.29 is 14.3 Å².